The van der Waals surface area contributed by atoms with Gasteiger partial charge in [0.05, 0.1) is 13.2 Å². The zero-order chi connectivity index (χ0) is 7.82. The molecule has 2 N–H and O–H groups in total. The third-order valence-electron chi connectivity index (χ3n) is 0.915. The first-order valence-corrected chi connectivity index (χ1v) is 3.17. The van der Waals surface area contributed by atoms with E-state index in [1.165, 1.54) is 0 Å². The first-order valence-electron chi connectivity index (χ1n) is 3.17. The Morgan fingerprint density at radius 1 is 1.25 bits per heavy atom. The number of aliphatic hydroxyl groups excluding tert-OH is 1. The van der Waals surface area contributed by atoms with E-state index in [-0.39, 0.29) is 65.4 Å². The van der Waals surface area contributed by atoms with Crippen molar-refractivity contribution in [3.8, 4) is 0 Å². The molecule has 0 heterocycles. The fraction of sp³-hybridized carbons (Fsp3) is 0.833. The summed E-state index contributed by atoms with van der Waals surface area (Å²) in [4.78, 5) is 9.93. The molecule has 0 aromatic heterocycles. The van der Waals surface area contributed by atoms with Crippen molar-refractivity contribution in [2.24, 2.45) is 0 Å². The summed E-state index contributed by atoms with van der Waals surface area (Å²) in [6.07, 6.45) is 0.640. The molecule has 0 radical (unpaired) electrons. The van der Waals surface area contributed by atoms with Crippen molar-refractivity contribution in [2.45, 2.75) is 12.8 Å². The predicted octanol–water partition coefficient (Wildman–Crippen LogP) is -0.145. The van der Waals surface area contributed by atoms with Gasteiger partial charge in [0, 0.05) is 65.4 Å². The smallest absolute Gasteiger partial charge is 0.303 e. The maximum atomic E-state index is 9.93. The topological polar surface area (TPSA) is 66.8 Å². The number of aliphatic carboxylic acids is 1. The van der Waals surface area contributed by atoms with Crippen molar-refractivity contribution in [1.82, 2.24) is 0 Å². The summed E-state index contributed by atoms with van der Waals surface area (Å²) in [5, 5.41) is 16.4. The second-order valence-electron chi connectivity index (χ2n) is 1.83. The molecule has 0 spiro atoms. The average molecular weight is 331 g/mol. The summed E-state index contributed by atoms with van der Waals surface area (Å²) < 4.78 is 4.82. The first kappa shape index (κ1) is 18.8. The van der Waals surface area contributed by atoms with Crippen molar-refractivity contribution in [3.05, 3.63) is 0 Å². The van der Waals surface area contributed by atoms with E-state index in [1.807, 2.05) is 0 Å². The Balaban J connectivity index is -0.000000405. The number of carboxylic acid groups (broad SMARTS) is 1. The van der Waals surface area contributed by atoms with Gasteiger partial charge in [-0.1, -0.05) is 0 Å². The fourth-order valence-corrected chi connectivity index (χ4v) is 0.492. The van der Waals surface area contributed by atoms with Crippen LogP contribution in [0.25, 0.3) is 0 Å². The van der Waals surface area contributed by atoms with Gasteiger partial charge >= 0.3 is 5.97 Å². The number of hydrogen-bond donors (Lipinski definition) is 2. The van der Waals surface area contributed by atoms with Crippen LogP contribution in [0.1, 0.15) is 12.8 Å². The van der Waals surface area contributed by atoms with Crippen molar-refractivity contribution in [1.29, 1.82) is 0 Å². The molecule has 0 aliphatic carbocycles. The summed E-state index contributed by atoms with van der Waals surface area (Å²) >= 11 is 0. The van der Waals surface area contributed by atoms with Gasteiger partial charge in [-0.25, -0.2) is 0 Å². The van der Waals surface area contributed by atoms with Gasteiger partial charge in [0.25, 0.3) is 0 Å². The summed E-state index contributed by atoms with van der Waals surface area (Å²) in [7, 11) is 0. The molecule has 0 aromatic rings. The molecular formula is C6H12O4Zr2. The Morgan fingerprint density at radius 2 is 1.83 bits per heavy atom. The van der Waals surface area contributed by atoms with Gasteiger partial charge in [-0.05, 0) is 6.42 Å². The Hall–Kier alpha value is 1.16. The maximum absolute atomic E-state index is 9.93. The van der Waals surface area contributed by atoms with E-state index in [1.54, 1.807) is 0 Å². The molecule has 12 heavy (non-hydrogen) atoms. The molecule has 0 amide bonds. The molecule has 0 rings (SSSR count). The minimum Gasteiger partial charge on any atom is -0.481 e. The van der Waals surface area contributed by atoms with Crippen LogP contribution in [0.15, 0.2) is 0 Å². The Labute approximate surface area is 110 Å². The van der Waals surface area contributed by atoms with Crippen molar-refractivity contribution in [3.63, 3.8) is 0 Å². The molecular weight excluding hydrogens is 319 g/mol. The average Bonchev–Trinajstić information content (AvgIpc) is 1.87. The van der Waals surface area contributed by atoms with Gasteiger partial charge in [-0.3, -0.25) is 4.79 Å². The van der Waals surface area contributed by atoms with Crippen molar-refractivity contribution >= 4 is 5.97 Å². The van der Waals surface area contributed by atoms with Gasteiger partial charge in [0.15, 0.2) is 0 Å². The van der Waals surface area contributed by atoms with E-state index < -0.39 is 5.97 Å². The molecule has 0 atom stereocenters. The second kappa shape index (κ2) is 14.7. The molecule has 0 saturated heterocycles. The summed E-state index contributed by atoms with van der Waals surface area (Å²) in [6, 6.07) is 0. The van der Waals surface area contributed by atoms with Crippen LogP contribution in [0.3, 0.4) is 0 Å². The molecule has 0 aliphatic rings. The van der Waals surface area contributed by atoms with Crippen LogP contribution in [0.2, 0.25) is 0 Å². The van der Waals surface area contributed by atoms with Crippen LogP contribution < -0.4 is 0 Å². The normalized spacial score (nSPS) is 8.08. The van der Waals surface area contributed by atoms with Crippen LogP contribution in [-0.2, 0) is 61.9 Å². The van der Waals surface area contributed by atoms with Gasteiger partial charge in [0.2, 0.25) is 0 Å². The summed E-state index contributed by atoms with van der Waals surface area (Å²) in [5.41, 5.74) is 0. The van der Waals surface area contributed by atoms with E-state index in [4.69, 9.17) is 14.9 Å². The monoisotopic (exact) mass is 328 g/mol. The van der Waals surface area contributed by atoms with Crippen LogP contribution in [-0.4, -0.2) is 36.0 Å². The van der Waals surface area contributed by atoms with E-state index in [0.29, 0.717) is 19.6 Å². The maximum Gasteiger partial charge on any atom is 0.303 e. The molecule has 6 heteroatoms. The van der Waals surface area contributed by atoms with Crippen LogP contribution in [0.4, 0.5) is 0 Å². The molecule has 0 aliphatic heterocycles. The third kappa shape index (κ3) is 17.3. The molecule has 4 nitrogen and oxygen atoms in total. The van der Waals surface area contributed by atoms with Gasteiger partial charge in [-0.2, -0.15) is 0 Å². The quantitative estimate of drug-likeness (QED) is 0.665. The predicted molar refractivity (Wildman–Crippen MR) is 34.8 cm³/mol. The van der Waals surface area contributed by atoms with E-state index in [2.05, 4.69) is 0 Å². The Morgan fingerprint density at radius 3 is 2.25 bits per heavy atom. The minimum atomic E-state index is -0.812. The van der Waals surface area contributed by atoms with Crippen molar-refractivity contribution in [2.75, 3.05) is 19.8 Å². The minimum absolute atomic E-state index is 0. The molecule has 68 valence electrons. The van der Waals surface area contributed by atoms with E-state index in [9.17, 15) is 4.79 Å². The Bertz CT molecular complexity index is 99.5. The number of hydrogen-bond acceptors (Lipinski definition) is 3. The number of rotatable bonds is 6. The van der Waals surface area contributed by atoms with Crippen LogP contribution in [0.5, 0.6) is 0 Å². The van der Waals surface area contributed by atoms with Crippen LogP contribution in [0, 0.1) is 0 Å². The zero-order valence-corrected chi connectivity index (χ0v) is 11.7. The number of aliphatic hydroxyl groups is 1. The van der Waals surface area contributed by atoms with Crippen molar-refractivity contribution < 1.29 is 72.2 Å². The van der Waals surface area contributed by atoms with Crippen LogP contribution >= 0.6 is 0 Å². The second-order valence-corrected chi connectivity index (χ2v) is 1.83. The molecule has 0 unspecified atom stereocenters. The van der Waals surface area contributed by atoms with E-state index >= 15 is 0 Å². The van der Waals surface area contributed by atoms with Gasteiger partial charge in [0.1, 0.15) is 0 Å². The molecule has 0 saturated carbocycles. The number of carbonyl (C=O) groups is 1. The molecule has 0 bridgehead atoms. The Kier molecular flexibility index (Phi) is 23.0. The number of carboxylic acids is 1. The van der Waals surface area contributed by atoms with E-state index in [0.717, 1.165) is 0 Å². The fourth-order valence-electron chi connectivity index (χ4n) is 0.492. The summed E-state index contributed by atoms with van der Waals surface area (Å²) in [6.45, 7) is 0.694. The summed E-state index contributed by atoms with van der Waals surface area (Å²) in [5.74, 6) is -0.812. The van der Waals surface area contributed by atoms with Gasteiger partial charge < -0.3 is 14.9 Å². The first-order chi connectivity index (χ1) is 4.77. The standard InChI is InChI=1S/C6H12O4.2Zr/c7-3-5-10-4-1-2-6(8)9;;/h7H,1-5H2,(H,8,9);;. The largest absolute Gasteiger partial charge is 0.481 e. The zero-order valence-electron chi connectivity index (χ0n) is 6.75. The van der Waals surface area contributed by atoms with Gasteiger partial charge in [-0.15, -0.1) is 0 Å². The SMILES string of the molecule is O=C(O)CCCOCCO.[Zr].[Zr]. The molecule has 0 fully saturated rings. The number of ether oxygens (including phenoxy) is 1. The molecule has 0 aromatic carbocycles. The third-order valence-corrected chi connectivity index (χ3v) is 0.915.